The van der Waals surface area contributed by atoms with Gasteiger partial charge in [-0.25, -0.2) is 9.97 Å². The smallest absolute Gasteiger partial charge is 0.241 e. The zero-order chi connectivity index (χ0) is 23.9. The van der Waals surface area contributed by atoms with E-state index >= 15 is 0 Å². The molecule has 4 heteroatoms. The molecule has 7 aromatic rings. The zero-order valence-corrected chi connectivity index (χ0v) is 20.3. The second-order valence-electron chi connectivity index (χ2n) is 9.06. The van der Waals surface area contributed by atoms with Crippen molar-refractivity contribution >= 4 is 65.9 Å². The van der Waals surface area contributed by atoms with Crippen LogP contribution in [0.4, 0.5) is 0 Å². The Balaban J connectivity index is 1.35. The van der Waals surface area contributed by atoms with Gasteiger partial charge >= 0.3 is 0 Å². The fraction of sp³-hybridized carbons (Fsp3) is 0. The van der Waals surface area contributed by atoms with Gasteiger partial charge in [0, 0.05) is 10.1 Å². The maximum Gasteiger partial charge on any atom is 0.241 e. The maximum atomic E-state index is 5.05. The normalized spacial score (nSPS) is 11.3. The third kappa shape index (κ3) is 3.67. The molecule has 2 heterocycles. The topological polar surface area (TPSA) is 25.8 Å². The number of aromatic nitrogens is 2. The molecular formula is C32H21BN2S. The number of hydrogen-bond donors (Lipinski definition) is 0. The van der Waals surface area contributed by atoms with Gasteiger partial charge in [0.25, 0.3) is 0 Å². The Bertz CT molecular complexity index is 1810. The van der Waals surface area contributed by atoms with Gasteiger partial charge in [-0.1, -0.05) is 126 Å². The average Bonchev–Trinajstić information content (AvgIpc) is 3.30. The molecule has 0 spiro atoms. The van der Waals surface area contributed by atoms with Crippen molar-refractivity contribution in [1.82, 2.24) is 9.97 Å². The summed E-state index contributed by atoms with van der Waals surface area (Å²) >= 11 is 1.70. The summed E-state index contributed by atoms with van der Waals surface area (Å²) in [5.41, 5.74) is 9.03. The van der Waals surface area contributed by atoms with Gasteiger partial charge in [-0.2, -0.15) is 0 Å². The highest BCUT2D eigenvalue weighted by Gasteiger charge is 2.21. The molecule has 0 unspecified atom stereocenters. The molecule has 0 bridgehead atoms. The molecule has 0 fully saturated rings. The minimum atomic E-state index is 0.171. The van der Waals surface area contributed by atoms with Gasteiger partial charge in [-0.3, -0.25) is 0 Å². The van der Waals surface area contributed by atoms with E-state index in [0.29, 0.717) is 0 Å². The van der Waals surface area contributed by atoms with E-state index in [2.05, 4.69) is 127 Å². The van der Waals surface area contributed by atoms with Crippen LogP contribution >= 0.6 is 11.3 Å². The number of rotatable bonds is 4. The highest BCUT2D eigenvalue weighted by atomic mass is 32.1. The highest BCUT2D eigenvalue weighted by molar-refractivity contribution is 7.25. The molecule has 0 N–H and O–H groups in total. The molecule has 36 heavy (non-hydrogen) atoms. The maximum absolute atomic E-state index is 5.05. The lowest BCUT2D eigenvalue weighted by molar-refractivity contribution is 1.43. The van der Waals surface area contributed by atoms with E-state index in [9.17, 15) is 0 Å². The predicted octanol–water partition coefficient (Wildman–Crippen LogP) is 6.18. The number of nitrogens with zero attached hydrogens (tertiary/aromatic N) is 2. The van der Waals surface area contributed by atoms with Crippen molar-refractivity contribution < 1.29 is 0 Å². The lowest BCUT2D eigenvalue weighted by Gasteiger charge is -2.16. The van der Waals surface area contributed by atoms with Crippen molar-refractivity contribution in [3.63, 3.8) is 0 Å². The van der Waals surface area contributed by atoms with Crippen molar-refractivity contribution in [2.45, 2.75) is 0 Å². The molecule has 0 aliphatic heterocycles. The summed E-state index contributed by atoms with van der Waals surface area (Å²) in [5, 5.41) is 1.17. The Morgan fingerprint density at radius 2 is 1.17 bits per heavy atom. The monoisotopic (exact) mass is 476 g/mol. The van der Waals surface area contributed by atoms with E-state index in [4.69, 9.17) is 9.97 Å². The molecule has 2 aromatic heterocycles. The van der Waals surface area contributed by atoms with Crippen molar-refractivity contribution in [1.29, 1.82) is 0 Å². The van der Waals surface area contributed by atoms with Crippen LogP contribution in [0, 0.1) is 0 Å². The largest absolute Gasteiger partial charge is 0.243 e. The van der Waals surface area contributed by atoms with Crippen molar-refractivity contribution in [3.8, 4) is 11.1 Å². The van der Waals surface area contributed by atoms with Crippen molar-refractivity contribution in [3.05, 3.63) is 127 Å². The SMILES string of the molecule is c1ccc(B(c2ccccc2)c2cccc(-c3ccc4nc5sc6ccccc6c5nc4c3)c2)cc1. The lowest BCUT2D eigenvalue weighted by Crippen LogP contribution is -2.51. The summed E-state index contributed by atoms with van der Waals surface area (Å²) < 4.78 is 1.23. The Hall–Kier alpha value is -4.28. The van der Waals surface area contributed by atoms with Crippen LogP contribution in [0.1, 0.15) is 0 Å². The molecule has 0 aliphatic rings. The van der Waals surface area contributed by atoms with Gasteiger partial charge in [-0.05, 0) is 29.3 Å². The van der Waals surface area contributed by atoms with Crippen LogP contribution in [-0.2, 0) is 0 Å². The fourth-order valence-electron chi connectivity index (χ4n) is 5.09. The highest BCUT2D eigenvalue weighted by Crippen LogP contribution is 2.33. The molecule has 5 aromatic carbocycles. The van der Waals surface area contributed by atoms with Crippen LogP contribution in [0.15, 0.2) is 127 Å². The van der Waals surface area contributed by atoms with E-state index in [-0.39, 0.29) is 6.71 Å². The molecule has 7 rings (SSSR count). The van der Waals surface area contributed by atoms with Crippen LogP contribution in [0.3, 0.4) is 0 Å². The standard InChI is InChI=1S/C32H21BN2S/c1-3-11-24(12-4-1)33(25-13-5-2-6-14-25)26-15-9-10-22(20-26)23-18-19-28-29(21-23)34-31-27-16-7-8-17-30(27)36-32(31)35-28/h1-21H. The molecule has 0 saturated carbocycles. The minimum Gasteiger partial charge on any atom is -0.243 e. The van der Waals surface area contributed by atoms with E-state index in [0.717, 1.165) is 26.9 Å². The number of fused-ring (bicyclic) bond motifs is 4. The van der Waals surface area contributed by atoms with Crippen LogP contribution in [0.25, 0.3) is 42.6 Å². The van der Waals surface area contributed by atoms with Gasteiger partial charge in [0.05, 0.1) is 11.0 Å². The molecule has 0 saturated heterocycles. The van der Waals surface area contributed by atoms with Gasteiger partial charge in [0.1, 0.15) is 10.3 Å². The minimum absolute atomic E-state index is 0.171. The second kappa shape index (κ2) is 8.74. The van der Waals surface area contributed by atoms with Crippen LogP contribution in [-0.4, -0.2) is 16.7 Å². The first-order chi connectivity index (χ1) is 17.8. The predicted molar refractivity (Wildman–Crippen MR) is 155 cm³/mol. The Labute approximate surface area is 214 Å². The number of benzene rings is 5. The fourth-order valence-corrected chi connectivity index (χ4v) is 6.11. The first-order valence-corrected chi connectivity index (χ1v) is 12.9. The van der Waals surface area contributed by atoms with Crippen LogP contribution in [0.2, 0.25) is 0 Å². The van der Waals surface area contributed by atoms with Crippen molar-refractivity contribution in [2.75, 3.05) is 0 Å². The second-order valence-corrected chi connectivity index (χ2v) is 10.1. The third-order valence-electron chi connectivity index (χ3n) is 6.80. The molecular weight excluding hydrogens is 455 g/mol. The summed E-state index contributed by atoms with van der Waals surface area (Å²) in [4.78, 5) is 11.0. The Morgan fingerprint density at radius 3 is 1.94 bits per heavy atom. The molecule has 0 aliphatic carbocycles. The van der Waals surface area contributed by atoms with Crippen molar-refractivity contribution in [2.24, 2.45) is 0 Å². The van der Waals surface area contributed by atoms with E-state index in [1.165, 1.54) is 32.0 Å². The molecule has 168 valence electrons. The first-order valence-electron chi connectivity index (χ1n) is 12.1. The molecule has 2 nitrogen and oxygen atoms in total. The van der Waals surface area contributed by atoms with E-state index in [1.54, 1.807) is 11.3 Å². The molecule has 0 radical (unpaired) electrons. The average molecular weight is 476 g/mol. The summed E-state index contributed by atoms with van der Waals surface area (Å²) in [6.45, 7) is 0.171. The summed E-state index contributed by atoms with van der Waals surface area (Å²) in [7, 11) is 0. The van der Waals surface area contributed by atoms with Gasteiger partial charge in [0.15, 0.2) is 0 Å². The van der Waals surface area contributed by atoms with E-state index < -0.39 is 0 Å². The summed E-state index contributed by atoms with van der Waals surface area (Å²) in [5.74, 6) is 0. The molecule has 0 amide bonds. The number of thiophene rings is 1. The summed E-state index contributed by atoms with van der Waals surface area (Å²) in [6.07, 6.45) is 0. The molecule has 0 atom stereocenters. The van der Waals surface area contributed by atoms with Gasteiger partial charge < -0.3 is 0 Å². The Morgan fingerprint density at radius 1 is 0.500 bits per heavy atom. The first kappa shape index (κ1) is 21.0. The number of hydrogen-bond acceptors (Lipinski definition) is 3. The lowest BCUT2D eigenvalue weighted by atomic mass is 9.37. The van der Waals surface area contributed by atoms with Crippen LogP contribution in [0.5, 0.6) is 0 Å². The van der Waals surface area contributed by atoms with E-state index in [1.807, 2.05) is 0 Å². The third-order valence-corrected chi connectivity index (χ3v) is 7.85. The zero-order valence-electron chi connectivity index (χ0n) is 19.5. The van der Waals surface area contributed by atoms with Crippen LogP contribution < -0.4 is 16.4 Å². The summed E-state index contributed by atoms with van der Waals surface area (Å²) in [6, 6.07) is 45.2. The quantitative estimate of drug-likeness (QED) is 0.284. The van der Waals surface area contributed by atoms with Gasteiger partial charge in [0.2, 0.25) is 6.71 Å². The Kier molecular flexibility index (Phi) is 5.11. The van der Waals surface area contributed by atoms with Gasteiger partial charge in [-0.15, -0.1) is 11.3 Å².